The van der Waals surface area contributed by atoms with E-state index in [0.717, 1.165) is 35.3 Å². The van der Waals surface area contributed by atoms with Crippen LogP contribution >= 0.6 is 11.6 Å². The van der Waals surface area contributed by atoms with E-state index in [2.05, 4.69) is 5.32 Å². The normalized spacial score (nSPS) is 14.4. The summed E-state index contributed by atoms with van der Waals surface area (Å²) in [6.45, 7) is 3.39. The molecule has 8 nitrogen and oxygen atoms in total. The van der Waals surface area contributed by atoms with Gasteiger partial charge in [-0.25, -0.2) is 8.42 Å². The van der Waals surface area contributed by atoms with Crippen molar-refractivity contribution in [2.45, 2.75) is 56.6 Å². The number of rotatable bonds is 12. The monoisotopic (exact) mass is 597 g/mol. The van der Waals surface area contributed by atoms with Gasteiger partial charge in [0.05, 0.1) is 12.0 Å². The van der Waals surface area contributed by atoms with Crippen molar-refractivity contribution in [2.75, 3.05) is 20.2 Å². The summed E-state index contributed by atoms with van der Waals surface area (Å²) in [5, 5.41) is 3.52. The van der Waals surface area contributed by atoms with Crippen LogP contribution in [0, 0.1) is 0 Å². The highest BCUT2D eigenvalue weighted by molar-refractivity contribution is 7.89. The zero-order valence-corrected chi connectivity index (χ0v) is 25.0. The average molecular weight is 598 g/mol. The topological polar surface area (TPSA) is 96.0 Å². The van der Waals surface area contributed by atoms with E-state index in [-0.39, 0.29) is 29.7 Å². The van der Waals surface area contributed by atoms with Crippen LogP contribution in [0.3, 0.4) is 0 Å². The number of aryl methyl sites for hydroxylation is 1. The molecule has 0 saturated carbocycles. The van der Waals surface area contributed by atoms with Crippen LogP contribution < -0.4 is 10.1 Å². The lowest BCUT2D eigenvalue weighted by Crippen LogP contribution is -2.47. The molecule has 0 radical (unpaired) electrons. The maximum absolute atomic E-state index is 13.5. The van der Waals surface area contributed by atoms with E-state index >= 15 is 0 Å². The van der Waals surface area contributed by atoms with Gasteiger partial charge in [-0.05, 0) is 79.3 Å². The second kappa shape index (κ2) is 14.0. The molecule has 3 aromatic carbocycles. The average Bonchev–Trinajstić information content (AvgIpc) is 3.55. The van der Waals surface area contributed by atoms with E-state index in [4.69, 9.17) is 16.3 Å². The molecule has 1 heterocycles. The third-order valence-corrected chi connectivity index (χ3v) is 9.48. The van der Waals surface area contributed by atoms with Crippen molar-refractivity contribution >= 4 is 33.4 Å². The number of benzene rings is 3. The van der Waals surface area contributed by atoms with Gasteiger partial charge in [-0.15, -0.1) is 0 Å². The number of ether oxygens (including phenoxy) is 1. The summed E-state index contributed by atoms with van der Waals surface area (Å²) < 4.78 is 32.3. The molecule has 0 bridgehead atoms. The molecule has 1 aliphatic heterocycles. The van der Waals surface area contributed by atoms with Crippen LogP contribution in [-0.2, 0) is 39.1 Å². The fourth-order valence-electron chi connectivity index (χ4n) is 4.75. The number of sulfonamides is 1. The predicted molar refractivity (Wildman–Crippen MR) is 159 cm³/mol. The third-order valence-electron chi connectivity index (χ3n) is 7.31. The van der Waals surface area contributed by atoms with Crippen LogP contribution in [0.15, 0.2) is 77.7 Å². The van der Waals surface area contributed by atoms with E-state index in [0.29, 0.717) is 31.1 Å². The smallest absolute Gasteiger partial charge is 0.243 e. The predicted octanol–water partition coefficient (Wildman–Crippen LogP) is 4.80. The van der Waals surface area contributed by atoms with Crippen LogP contribution in [0.2, 0.25) is 5.02 Å². The minimum Gasteiger partial charge on any atom is -0.497 e. The Morgan fingerprint density at radius 2 is 1.51 bits per heavy atom. The zero-order chi connectivity index (χ0) is 29.4. The molecule has 218 valence electrons. The van der Waals surface area contributed by atoms with Gasteiger partial charge in [-0.2, -0.15) is 4.31 Å². The first-order chi connectivity index (χ1) is 19.7. The van der Waals surface area contributed by atoms with E-state index in [9.17, 15) is 18.0 Å². The second-order valence-electron chi connectivity index (χ2n) is 10.1. The van der Waals surface area contributed by atoms with Gasteiger partial charge >= 0.3 is 0 Å². The van der Waals surface area contributed by atoms with Gasteiger partial charge in [0.1, 0.15) is 11.8 Å². The molecule has 0 aromatic heterocycles. The van der Waals surface area contributed by atoms with Gasteiger partial charge in [-0.1, -0.05) is 48.0 Å². The number of carbonyl (C=O) groups is 2. The lowest BCUT2D eigenvalue weighted by Gasteiger charge is -2.29. The molecule has 0 aliphatic carbocycles. The number of hydrogen-bond donors (Lipinski definition) is 1. The summed E-state index contributed by atoms with van der Waals surface area (Å²) in [5.74, 6) is 0.288. The summed E-state index contributed by atoms with van der Waals surface area (Å²) in [5.41, 5.74) is 2.62. The molecule has 1 saturated heterocycles. The molecule has 1 fully saturated rings. The van der Waals surface area contributed by atoms with E-state index in [1.807, 2.05) is 36.4 Å². The maximum atomic E-state index is 13.5. The molecule has 10 heteroatoms. The van der Waals surface area contributed by atoms with Crippen molar-refractivity contribution in [1.82, 2.24) is 14.5 Å². The van der Waals surface area contributed by atoms with E-state index < -0.39 is 16.1 Å². The Morgan fingerprint density at radius 3 is 2.12 bits per heavy atom. The minimum atomic E-state index is -3.49. The summed E-state index contributed by atoms with van der Waals surface area (Å²) in [4.78, 5) is 28.4. The largest absolute Gasteiger partial charge is 0.497 e. The summed E-state index contributed by atoms with van der Waals surface area (Å²) in [6, 6.07) is 20.6. The van der Waals surface area contributed by atoms with Crippen molar-refractivity contribution in [2.24, 2.45) is 0 Å². The lowest BCUT2D eigenvalue weighted by atomic mass is 10.1. The number of halogens is 1. The zero-order valence-electron chi connectivity index (χ0n) is 23.4. The van der Waals surface area contributed by atoms with Crippen molar-refractivity contribution in [3.8, 4) is 5.75 Å². The standard InChI is InChI=1S/C31H36ClN3O5S/c1-23(31(37)33-21-25-7-14-28(40-2)15-8-25)35(22-26-5-12-27(32)13-6-26)30(36)18-11-24-9-16-29(17-10-24)41(38,39)34-19-3-4-20-34/h5-10,12-17,23H,3-4,11,18-22H2,1-2H3,(H,33,37). The SMILES string of the molecule is COc1ccc(CNC(=O)C(C)N(Cc2ccc(Cl)cc2)C(=O)CCc2ccc(S(=O)(=O)N3CCCC3)cc2)cc1. The molecule has 1 N–H and O–H groups in total. The van der Waals surface area contributed by atoms with Crippen LogP contribution in [0.5, 0.6) is 5.75 Å². The molecule has 2 amide bonds. The van der Waals surface area contributed by atoms with Crippen LogP contribution in [0.4, 0.5) is 0 Å². The summed E-state index contributed by atoms with van der Waals surface area (Å²) >= 11 is 6.04. The van der Waals surface area contributed by atoms with Gasteiger partial charge in [0.25, 0.3) is 0 Å². The van der Waals surface area contributed by atoms with Crippen molar-refractivity contribution < 1.29 is 22.7 Å². The van der Waals surface area contributed by atoms with Crippen LogP contribution in [-0.4, -0.2) is 55.7 Å². The van der Waals surface area contributed by atoms with E-state index in [1.54, 1.807) is 55.3 Å². The first kappa shape index (κ1) is 30.6. The first-order valence-electron chi connectivity index (χ1n) is 13.7. The molecular weight excluding hydrogens is 562 g/mol. The van der Waals surface area contributed by atoms with Gasteiger partial charge in [0, 0.05) is 37.6 Å². The molecule has 41 heavy (non-hydrogen) atoms. The number of nitrogens with one attached hydrogen (secondary N) is 1. The summed E-state index contributed by atoms with van der Waals surface area (Å²) in [6.07, 6.45) is 2.34. The highest BCUT2D eigenvalue weighted by atomic mass is 35.5. The minimum absolute atomic E-state index is 0.169. The highest BCUT2D eigenvalue weighted by Crippen LogP contribution is 2.22. The Labute approximate surface area is 247 Å². The molecule has 0 spiro atoms. The fourth-order valence-corrected chi connectivity index (χ4v) is 6.39. The number of hydrogen-bond acceptors (Lipinski definition) is 5. The lowest BCUT2D eigenvalue weighted by molar-refractivity contribution is -0.140. The third kappa shape index (κ3) is 8.09. The number of methoxy groups -OCH3 is 1. The van der Waals surface area contributed by atoms with Crippen molar-refractivity contribution in [3.05, 3.63) is 94.5 Å². The maximum Gasteiger partial charge on any atom is 0.243 e. The molecule has 1 atom stereocenters. The first-order valence-corrected chi connectivity index (χ1v) is 15.5. The Kier molecular flexibility index (Phi) is 10.4. The van der Waals surface area contributed by atoms with Crippen molar-refractivity contribution in [3.63, 3.8) is 0 Å². The van der Waals surface area contributed by atoms with Gasteiger partial charge in [0.15, 0.2) is 0 Å². The highest BCUT2D eigenvalue weighted by Gasteiger charge is 2.28. The Balaban J connectivity index is 1.41. The van der Waals surface area contributed by atoms with Gasteiger partial charge < -0.3 is 15.0 Å². The van der Waals surface area contributed by atoms with Crippen molar-refractivity contribution in [1.29, 1.82) is 0 Å². The Morgan fingerprint density at radius 1 is 0.927 bits per heavy atom. The number of nitrogens with zero attached hydrogens (tertiary/aromatic N) is 2. The van der Waals surface area contributed by atoms with Crippen LogP contribution in [0.1, 0.15) is 42.9 Å². The Bertz CT molecular complexity index is 1420. The molecule has 3 aromatic rings. The Hall–Kier alpha value is -3.40. The quantitative estimate of drug-likeness (QED) is 0.324. The van der Waals surface area contributed by atoms with Gasteiger partial charge in [0.2, 0.25) is 21.8 Å². The molecule has 1 aliphatic rings. The van der Waals surface area contributed by atoms with E-state index in [1.165, 1.54) is 4.31 Å². The van der Waals surface area contributed by atoms with Crippen LogP contribution in [0.25, 0.3) is 0 Å². The van der Waals surface area contributed by atoms with Gasteiger partial charge in [-0.3, -0.25) is 9.59 Å². The molecular formula is C31H36ClN3O5S. The molecule has 1 unspecified atom stereocenters. The number of carbonyl (C=O) groups excluding carboxylic acids is 2. The second-order valence-corrected chi connectivity index (χ2v) is 12.5. The number of amides is 2. The molecule has 4 rings (SSSR count). The summed E-state index contributed by atoms with van der Waals surface area (Å²) in [7, 11) is -1.89. The fraction of sp³-hybridized carbons (Fsp3) is 0.355.